The highest BCUT2D eigenvalue weighted by atomic mass is 19.1. The zero-order valence-corrected chi connectivity index (χ0v) is 12.6. The van der Waals surface area contributed by atoms with Crippen LogP contribution >= 0.6 is 0 Å². The lowest BCUT2D eigenvalue weighted by molar-refractivity contribution is -0.118. The minimum atomic E-state index is -0.534. The largest absolute Gasteiger partial charge is 0.336 e. The van der Waals surface area contributed by atoms with Gasteiger partial charge in [0, 0.05) is 31.7 Å². The van der Waals surface area contributed by atoms with E-state index >= 15 is 0 Å². The SMILES string of the molecule is O=C(c1ccccc1F)N1CCC(=O)N(c2ccccc2)CC1. The van der Waals surface area contributed by atoms with Crippen LogP contribution < -0.4 is 4.90 Å². The van der Waals surface area contributed by atoms with E-state index in [-0.39, 0.29) is 23.8 Å². The third-order valence-corrected chi connectivity index (χ3v) is 3.95. The maximum atomic E-state index is 13.8. The number of para-hydroxylation sites is 1. The molecule has 0 N–H and O–H groups in total. The highest BCUT2D eigenvalue weighted by molar-refractivity contribution is 5.97. The third kappa shape index (κ3) is 3.23. The van der Waals surface area contributed by atoms with Crippen molar-refractivity contribution >= 4 is 17.5 Å². The summed E-state index contributed by atoms with van der Waals surface area (Å²) in [5.41, 5.74) is 0.866. The molecule has 2 aromatic rings. The van der Waals surface area contributed by atoms with Crippen molar-refractivity contribution in [1.82, 2.24) is 4.90 Å². The number of carbonyl (C=O) groups excluding carboxylic acids is 2. The van der Waals surface area contributed by atoms with Gasteiger partial charge in [-0.15, -0.1) is 0 Å². The summed E-state index contributed by atoms with van der Waals surface area (Å²) in [6.07, 6.45) is 0.231. The van der Waals surface area contributed by atoms with Crippen LogP contribution in [0, 0.1) is 5.82 Å². The molecule has 1 aliphatic heterocycles. The van der Waals surface area contributed by atoms with E-state index in [1.807, 2.05) is 30.3 Å². The Balaban J connectivity index is 1.77. The lowest BCUT2D eigenvalue weighted by Gasteiger charge is -2.22. The van der Waals surface area contributed by atoms with Crippen molar-refractivity contribution in [2.24, 2.45) is 0 Å². The number of halogens is 1. The van der Waals surface area contributed by atoms with Crippen LogP contribution in [0.3, 0.4) is 0 Å². The summed E-state index contributed by atoms with van der Waals surface area (Å²) >= 11 is 0. The Bertz CT molecular complexity index is 718. The number of rotatable bonds is 2. The zero-order valence-electron chi connectivity index (χ0n) is 12.6. The number of amides is 2. The number of hydrogen-bond acceptors (Lipinski definition) is 2. The molecule has 118 valence electrons. The van der Waals surface area contributed by atoms with E-state index in [1.54, 1.807) is 21.9 Å². The van der Waals surface area contributed by atoms with Crippen molar-refractivity contribution in [2.75, 3.05) is 24.5 Å². The third-order valence-electron chi connectivity index (χ3n) is 3.95. The van der Waals surface area contributed by atoms with Crippen molar-refractivity contribution in [2.45, 2.75) is 6.42 Å². The average Bonchev–Trinajstić information content (AvgIpc) is 2.77. The number of benzene rings is 2. The Morgan fingerprint density at radius 2 is 1.61 bits per heavy atom. The average molecular weight is 312 g/mol. The quantitative estimate of drug-likeness (QED) is 0.855. The molecular weight excluding hydrogens is 295 g/mol. The molecule has 23 heavy (non-hydrogen) atoms. The Morgan fingerprint density at radius 1 is 0.913 bits per heavy atom. The second-order valence-corrected chi connectivity index (χ2v) is 5.40. The predicted octanol–water partition coefficient (Wildman–Crippen LogP) is 2.70. The van der Waals surface area contributed by atoms with Gasteiger partial charge in [-0.3, -0.25) is 9.59 Å². The van der Waals surface area contributed by atoms with Crippen LogP contribution in [0.1, 0.15) is 16.8 Å². The highest BCUT2D eigenvalue weighted by Crippen LogP contribution is 2.18. The van der Waals surface area contributed by atoms with Crippen molar-refractivity contribution in [3.05, 3.63) is 66.0 Å². The summed E-state index contributed by atoms with van der Waals surface area (Å²) in [4.78, 5) is 28.0. The molecule has 0 saturated carbocycles. The van der Waals surface area contributed by atoms with Gasteiger partial charge in [0.25, 0.3) is 5.91 Å². The van der Waals surface area contributed by atoms with Crippen LogP contribution in [0.5, 0.6) is 0 Å². The van der Waals surface area contributed by atoms with Gasteiger partial charge >= 0.3 is 0 Å². The van der Waals surface area contributed by atoms with Crippen LogP contribution in [0.4, 0.5) is 10.1 Å². The normalized spacial score (nSPS) is 15.4. The Hall–Kier alpha value is -2.69. The molecule has 3 rings (SSSR count). The van der Waals surface area contributed by atoms with E-state index in [1.165, 1.54) is 12.1 Å². The Labute approximate surface area is 134 Å². The van der Waals surface area contributed by atoms with E-state index < -0.39 is 5.82 Å². The molecule has 0 atom stereocenters. The van der Waals surface area contributed by atoms with Gasteiger partial charge in [-0.1, -0.05) is 30.3 Å². The second kappa shape index (κ2) is 6.60. The van der Waals surface area contributed by atoms with E-state index in [2.05, 4.69) is 0 Å². The standard InChI is InChI=1S/C18H17FN2O2/c19-16-9-5-4-8-15(16)18(23)20-11-10-17(22)21(13-12-20)14-6-2-1-3-7-14/h1-9H,10-13H2. The van der Waals surface area contributed by atoms with E-state index in [0.29, 0.717) is 19.6 Å². The molecular formula is C18H17FN2O2. The smallest absolute Gasteiger partial charge is 0.256 e. The van der Waals surface area contributed by atoms with Gasteiger partial charge in [0.15, 0.2) is 0 Å². The maximum absolute atomic E-state index is 13.8. The van der Waals surface area contributed by atoms with Gasteiger partial charge in [-0.2, -0.15) is 0 Å². The molecule has 0 radical (unpaired) electrons. The minimum absolute atomic E-state index is 0.0277. The van der Waals surface area contributed by atoms with Crippen molar-refractivity contribution < 1.29 is 14.0 Å². The fraction of sp³-hybridized carbons (Fsp3) is 0.222. The molecule has 0 bridgehead atoms. The number of carbonyl (C=O) groups is 2. The van der Waals surface area contributed by atoms with E-state index in [9.17, 15) is 14.0 Å². The van der Waals surface area contributed by atoms with Crippen LogP contribution in [0.15, 0.2) is 54.6 Å². The summed E-state index contributed by atoms with van der Waals surface area (Å²) in [5, 5.41) is 0. The summed E-state index contributed by atoms with van der Waals surface area (Å²) in [5.74, 6) is -0.932. The lowest BCUT2D eigenvalue weighted by Crippen LogP contribution is -2.36. The molecule has 0 aliphatic carbocycles. The van der Waals surface area contributed by atoms with E-state index in [0.717, 1.165) is 5.69 Å². The monoisotopic (exact) mass is 312 g/mol. The number of anilines is 1. The van der Waals surface area contributed by atoms with Gasteiger partial charge in [0.1, 0.15) is 5.82 Å². The fourth-order valence-electron chi connectivity index (χ4n) is 2.71. The summed E-state index contributed by atoms with van der Waals surface area (Å²) in [6.45, 7) is 1.09. The number of hydrogen-bond donors (Lipinski definition) is 0. The van der Waals surface area contributed by atoms with Crippen molar-refractivity contribution in [1.29, 1.82) is 0 Å². The van der Waals surface area contributed by atoms with Crippen LogP contribution in [0.2, 0.25) is 0 Å². The summed E-state index contributed by atoms with van der Waals surface area (Å²) in [7, 11) is 0. The summed E-state index contributed by atoms with van der Waals surface area (Å²) < 4.78 is 13.8. The first-order valence-electron chi connectivity index (χ1n) is 7.56. The molecule has 0 unspecified atom stereocenters. The van der Waals surface area contributed by atoms with Gasteiger partial charge in [0.05, 0.1) is 5.56 Å². The first kappa shape index (κ1) is 15.2. The fourth-order valence-corrected chi connectivity index (χ4v) is 2.71. The Morgan fingerprint density at radius 3 is 2.35 bits per heavy atom. The van der Waals surface area contributed by atoms with Gasteiger partial charge in [-0.05, 0) is 24.3 Å². The predicted molar refractivity (Wildman–Crippen MR) is 85.7 cm³/mol. The maximum Gasteiger partial charge on any atom is 0.256 e. The second-order valence-electron chi connectivity index (χ2n) is 5.40. The molecule has 2 amide bonds. The zero-order chi connectivity index (χ0) is 16.2. The van der Waals surface area contributed by atoms with Gasteiger partial charge < -0.3 is 9.80 Å². The molecule has 1 heterocycles. The molecule has 2 aromatic carbocycles. The molecule has 5 heteroatoms. The molecule has 1 fully saturated rings. The Kier molecular flexibility index (Phi) is 4.37. The minimum Gasteiger partial charge on any atom is -0.336 e. The molecule has 4 nitrogen and oxygen atoms in total. The highest BCUT2D eigenvalue weighted by Gasteiger charge is 2.26. The molecule has 1 saturated heterocycles. The summed E-state index contributed by atoms with van der Waals surface area (Å²) in [6, 6.07) is 15.3. The van der Waals surface area contributed by atoms with Crippen molar-refractivity contribution in [3.63, 3.8) is 0 Å². The number of nitrogens with zero attached hydrogens (tertiary/aromatic N) is 2. The van der Waals surface area contributed by atoms with Crippen LogP contribution in [0.25, 0.3) is 0 Å². The first-order valence-corrected chi connectivity index (χ1v) is 7.56. The van der Waals surface area contributed by atoms with Gasteiger partial charge in [-0.25, -0.2) is 4.39 Å². The van der Waals surface area contributed by atoms with Gasteiger partial charge in [0.2, 0.25) is 5.91 Å². The topological polar surface area (TPSA) is 40.6 Å². The molecule has 0 aromatic heterocycles. The molecule has 0 spiro atoms. The van der Waals surface area contributed by atoms with Crippen LogP contribution in [-0.4, -0.2) is 36.3 Å². The molecule has 1 aliphatic rings. The first-order chi connectivity index (χ1) is 11.2. The van der Waals surface area contributed by atoms with Crippen LogP contribution in [-0.2, 0) is 4.79 Å². The van der Waals surface area contributed by atoms with Crippen molar-refractivity contribution in [3.8, 4) is 0 Å². The van der Waals surface area contributed by atoms with E-state index in [4.69, 9.17) is 0 Å². The lowest BCUT2D eigenvalue weighted by atomic mass is 10.2.